The van der Waals surface area contributed by atoms with Crippen LogP contribution in [-0.2, 0) is 13.0 Å². The molecule has 0 bridgehead atoms. The molecule has 0 spiro atoms. The Labute approximate surface area is 131 Å². The van der Waals surface area contributed by atoms with Gasteiger partial charge in [0.2, 0.25) is 0 Å². The molecule has 1 unspecified atom stereocenters. The van der Waals surface area contributed by atoms with Crippen LogP contribution in [0.3, 0.4) is 0 Å². The Morgan fingerprint density at radius 2 is 2.00 bits per heavy atom. The zero-order valence-corrected chi connectivity index (χ0v) is 13.3. The summed E-state index contributed by atoms with van der Waals surface area (Å²) in [5, 5.41) is 4.24. The summed E-state index contributed by atoms with van der Waals surface area (Å²) >= 11 is 6.55. The molecular weight excluding hydrogens is 280 g/mol. The third-order valence-corrected chi connectivity index (χ3v) is 4.39. The molecule has 0 saturated heterocycles. The predicted octanol–water partition coefficient (Wildman–Crippen LogP) is 4.53. The van der Waals surface area contributed by atoms with Crippen LogP contribution in [-0.4, -0.2) is 12.6 Å². The second kappa shape index (κ2) is 6.08. The molecule has 1 atom stereocenters. The van der Waals surface area contributed by atoms with E-state index in [1.54, 1.807) is 0 Å². The van der Waals surface area contributed by atoms with Gasteiger partial charge in [0.15, 0.2) is 0 Å². The average molecular weight is 301 g/mol. The molecule has 0 fully saturated rings. The number of fused-ring (bicyclic) bond motifs is 1. The molecule has 0 aromatic heterocycles. The minimum absolute atomic E-state index is 0.433. The zero-order chi connectivity index (χ0) is 14.8. The van der Waals surface area contributed by atoms with Crippen molar-refractivity contribution in [2.24, 2.45) is 0 Å². The Kier molecular flexibility index (Phi) is 4.18. The van der Waals surface area contributed by atoms with Gasteiger partial charge in [-0.3, -0.25) is 0 Å². The number of anilines is 2. The van der Waals surface area contributed by atoms with Gasteiger partial charge < -0.3 is 10.2 Å². The Balaban J connectivity index is 2.08. The maximum Gasteiger partial charge on any atom is 0.0648 e. The molecule has 3 rings (SSSR count). The van der Waals surface area contributed by atoms with E-state index in [0.29, 0.717) is 6.04 Å². The maximum absolute atomic E-state index is 6.55. The predicted molar refractivity (Wildman–Crippen MR) is 90.6 cm³/mol. The summed E-state index contributed by atoms with van der Waals surface area (Å²) in [4.78, 5) is 2.39. The quantitative estimate of drug-likeness (QED) is 0.892. The van der Waals surface area contributed by atoms with Gasteiger partial charge in [-0.25, -0.2) is 0 Å². The van der Waals surface area contributed by atoms with Crippen molar-refractivity contribution >= 4 is 23.0 Å². The van der Waals surface area contributed by atoms with Gasteiger partial charge in [-0.1, -0.05) is 48.9 Å². The van der Waals surface area contributed by atoms with Crippen LogP contribution < -0.4 is 10.2 Å². The molecule has 0 amide bonds. The highest BCUT2D eigenvalue weighted by atomic mass is 35.5. The molecule has 0 radical (unpaired) electrons. The van der Waals surface area contributed by atoms with Gasteiger partial charge >= 0.3 is 0 Å². The summed E-state index contributed by atoms with van der Waals surface area (Å²) in [6, 6.07) is 15.2. The first-order valence-corrected chi connectivity index (χ1v) is 7.95. The smallest absolute Gasteiger partial charge is 0.0648 e. The SMILES string of the molecule is CCNCc1cccc(Cl)c1N1c2ccccc2CC1C. The number of hydrogen-bond donors (Lipinski definition) is 1. The van der Waals surface area contributed by atoms with Crippen molar-refractivity contribution in [3.05, 3.63) is 58.6 Å². The molecule has 3 heteroatoms. The number of hydrogen-bond acceptors (Lipinski definition) is 2. The number of rotatable bonds is 4. The third-order valence-electron chi connectivity index (χ3n) is 4.08. The molecule has 0 saturated carbocycles. The van der Waals surface area contributed by atoms with Gasteiger partial charge in [0.1, 0.15) is 0 Å². The lowest BCUT2D eigenvalue weighted by atomic mass is 10.1. The van der Waals surface area contributed by atoms with Crippen LogP contribution >= 0.6 is 11.6 Å². The van der Waals surface area contributed by atoms with Crippen LogP contribution in [0.5, 0.6) is 0 Å². The van der Waals surface area contributed by atoms with Crippen LogP contribution in [0.25, 0.3) is 0 Å². The van der Waals surface area contributed by atoms with Crippen molar-refractivity contribution in [1.29, 1.82) is 0 Å². The van der Waals surface area contributed by atoms with E-state index in [-0.39, 0.29) is 0 Å². The second-order valence-corrected chi connectivity index (χ2v) is 5.99. The van der Waals surface area contributed by atoms with E-state index in [4.69, 9.17) is 11.6 Å². The van der Waals surface area contributed by atoms with Gasteiger partial charge in [0.25, 0.3) is 0 Å². The van der Waals surface area contributed by atoms with Crippen LogP contribution in [0.15, 0.2) is 42.5 Å². The fourth-order valence-corrected chi connectivity index (χ4v) is 3.42. The minimum Gasteiger partial charge on any atom is -0.337 e. The Morgan fingerprint density at radius 3 is 2.81 bits per heavy atom. The number of benzene rings is 2. The lowest BCUT2D eigenvalue weighted by Gasteiger charge is -2.28. The minimum atomic E-state index is 0.433. The van der Waals surface area contributed by atoms with Crippen molar-refractivity contribution < 1.29 is 0 Å². The summed E-state index contributed by atoms with van der Waals surface area (Å²) in [6.45, 7) is 6.19. The van der Waals surface area contributed by atoms with Crippen molar-refractivity contribution in [1.82, 2.24) is 5.32 Å². The van der Waals surface area contributed by atoms with Crippen molar-refractivity contribution in [3.8, 4) is 0 Å². The van der Waals surface area contributed by atoms with Crippen molar-refractivity contribution in [2.75, 3.05) is 11.4 Å². The summed E-state index contributed by atoms with van der Waals surface area (Å²) in [5.41, 5.74) is 5.10. The van der Waals surface area contributed by atoms with Gasteiger partial charge in [-0.2, -0.15) is 0 Å². The van der Waals surface area contributed by atoms with E-state index in [2.05, 4.69) is 54.4 Å². The molecule has 21 heavy (non-hydrogen) atoms. The molecular formula is C18H21ClN2. The number of halogens is 1. The first-order chi connectivity index (χ1) is 10.2. The van der Waals surface area contributed by atoms with Gasteiger partial charge in [0.05, 0.1) is 10.7 Å². The lowest BCUT2D eigenvalue weighted by molar-refractivity contribution is 0.714. The number of nitrogens with zero attached hydrogens (tertiary/aromatic N) is 1. The van der Waals surface area contributed by atoms with E-state index >= 15 is 0 Å². The molecule has 0 aliphatic carbocycles. The molecule has 2 aromatic carbocycles. The topological polar surface area (TPSA) is 15.3 Å². The van der Waals surface area contributed by atoms with Crippen LogP contribution in [0.2, 0.25) is 5.02 Å². The van der Waals surface area contributed by atoms with Crippen molar-refractivity contribution in [3.63, 3.8) is 0 Å². The number of para-hydroxylation sites is 2. The lowest BCUT2D eigenvalue weighted by Crippen LogP contribution is -2.26. The Morgan fingerprint density at radius 1 is 1.19 bits per heavy atom. The Bertz CT molecular complexity index is 639. The fourth-order valence-electron chi connectivity index (χ4n) is 3.14. The first-order valence-electron chi connectivity index (χ1n) is 7.57. The van der Waals surface area contributed by atoms with E-state index in [1.807, 2.05) is 12.1 Å². The van der Waals surface area contributed by atoms with E-state index in [1.165, 1.54) is 16.8 Å². The highest BCUT2D eigenvalue weighted by molar-refractivity contribution is 6.33. The molecule has 2 nitrogen and oxygen atoms in total. The monoisotopic (exact) mass is 300 g/mol. The molecule has 2 aromatic rings. The molecule has 1 heterocycles. The van der Waals surface area contributed by atoms with E-state index < -0.39 is 0 Å². The third kappa shape index (κ3) is 2.66. The highest BCUT2D eigenvalue weighted by Crippen LogP contribution is 2.42. The van der Waals surface area contributed by atoms with Crippen molar-refractivity contribution in [2.45, 2.75) is 32.9 Å². The van der Waals surface area contributed by atoms with E-state index in [0.717, 1.165) is 30.2 Å². The molecule has 1 N–H and O–H groups in total. The normalized spacial score (nSPS) is 17.1. The first kappa shape index (κ1) is 14.4. The van der Waals surface area contributed by atoms with E-state index in [9.17, 15) is 0 Å². The van der Waals surface area contributed by atoms with Crippen LogP contribution in [0.1, 0.15) is 25.0 Å². The van der Waals surface area contributed by atoms with Gasteiger partial charge in [0, 0.05) is 18.3 Å². The summed E-state index contributed by atoms with van der Waals surface area (Å²) in [7, 11) is 0. The summed E-state index contributed by atoms with van der Waals surface area (Å²) in [5.74, 6) is 0. The average Bonchev–Trinajstić information content (AvgIpc) is 2.81. The molecule has 1 aliphatic rings. The molecule has 110 valence electrons. The van der Waals surface area contributed by atoms with Crippen LogP contribution in [0.4, 0.5) is 11.4 Å². The highest BCUT2D eigenvalue weighted by Gasteiger charge is 2.29. The maximum atomic E-state index is 6.55. The van der Waals surface area contributed by atoms with Crippen LogP contribution in [0, 0.1) is 0 Å². The zero-order valence-electron chi connectivity index (χ0n) is 12.6. The fraction of sp³-hybridized carbons (Fsp3) is 0.333. The summed E-state index contributed by atoms with van der Waals surface area (Å²) < 4.78 is 0. The molecule has 1 aliphatic heterocycles. The Hall–Kier alpha value is -1.51. The standard InChI is InChI=1S/C18H21ClN2/c1-3-20-12-15-8-6-9-16(19)18(15)21-13(2)11-14-7-4-5-10-17(14)21/h4-10,13,20H,3,11-12H2,1-2H3. The van der Waals surface area contributed by atoms with Gasteiger partial charge in [-0.15, -0.1) is 0 Å². The largest absolute Gasteiger partial charge is 0.337 e. The second-order valence-electron chi connectivity index (χ2n) is 5.58. The van der Waals surface area contributed by atoms with Gasteiger partial charge in [-0.05, 0) is 43.1 Å². The number of nitrogens with one attached hydrogen (secondary N) is 1. The summed E-state index contributed by atoms with van der Waals surface area (Å²) in [6.07, 6.45) is 1.07.